The topological polar surface area (TPSA) is 331 Å². The summed E-state index contributed by atoms with van der Waals surface area (Å²) in [5.41, 5.74) is 26.7. The average Bonchev–Trinajstić information content (AvgIpc) is 3.26. The molecule has 0 aliphatic heterocycles. The van der Waals surface area contributed by atoms with Crippen LogP contribution in [0, 0.1) is 0 Å². The number of anilines is 2. The number of hydrogen-bond donors (Lipinski definition) is 11. The summed E-state index contributed by atoms with van der Waals surface area (Å²) in [6.45, 7) is 0.451. The molecule has 19 nitrogen and oxygen atoms in total. The van der Waals surface area contributed by atoms with Gasteiger partial charge in [-0.2, -0.15) is 0 Å². The minimum absolute atomic E-state index is 0.0827. The number of aliphatic imine (C=N–C) groups is 1. The van der Waals surface area contributed by atoms with Gasteiger partial charge in [0.15, 0.2) is 28.4 Å². The fourth-order valence-electron chi connectivity index (χ4n) is 6.37. The van der Waals surface area contributed by atoms with Crippen molar-refractivity contribution in [1.29, 1.82) is 0 Å². The highest BCUT2D eigenvalue weighted by molar-refractivity contribution is 6.31. The van der Waals surface area contributed by atoms with Gasteiger partial charge in [0.1, 0.15) is 24.4 Å². The molecule has 0 fully saturated rings. The van der Waals surface area contributed by atoms with Crippen LogP contribution in [-0.4, -0.2) is 141 Å². The number of amides is 2. The van der Waals surface area contributed by atoms with Crippen molar-refractivity contribution in [2.45, 2.75) is 88.2 Å². The number of unbranched alkanes of at least 4 members (excludes halogenated alkanes) is 2. The normalized spacial score (nSPS) is 14.1. The minimum atomic E-state index is -1.73. The molecule has 336 valence electrons. The third-order valence-electron chi connectivity index (χ3n) is 9.92. The second kappa shape index (κ2) is 26.4. The van der Waals surface area contributed by atoms with Gasteiger partial charge in [-0.3, -0.25) is 19.9 Å². The van der Waals surface area contributed by atoms with E-state index in [1.165, 1.54) is 12.0 Å². The zero-order valence-corrected chi connectivity index (χ0v) is 35.2. The Morgan fingerprint density at radius 1 is 0.852 bits per heavy atom. The zero-order valence-electron chi connectivity index (χ0n) is 34.5. The molecule has 15 N–H and O–H groups in total. The first-order chi connectivity index (χ1) is 29.2. The summed E-state index contributed by atoms with van der Waals surface area (Å²) in [5.74, 6) is -1.79. The predicted octanol–water partition coefficient (Wildman–Crippen LogP) is -0.124. The van der Waals surface area contributed by atoms with E-state index < -0.39 is 48.9 Å². The first-order valence-electron chi connectivity index (χ1n) is 20.2. The highest BCUT2D eigenvalue weighted by Crippen LogP contribution is 2.23. The van der Waals surface area contributed by atoms with Crippen molar-refractivity contribution in [2.24, 2.45) is 16.5 Å². The van der Waals surface area contributed by atoms with Crippen molar-refractivity contribution < 1.29 is 44.7 Å². The number of halogens is 1. The number of nitrogens with one attached hydrogen (secondary N) is 2. The lowest BCUT2D eigenvalue weighted by Crippen LogP contribution is -2.49. The van der Waals surface area contributed by atoms with Gasteiger partial charge in [0, 0.05) is 26.1 Å². The van der Waals surface area contributed by atoms with E-state index in [4.69, 9.17) is 44.4 Å². The quantitative estimate of drug-likeness (QED) is 0.0217. The third-order valence-corrected chi connectivity index (χ3v) is 10.2. The number of aliphatic hydroxyl groups excluding tert-OH is 5. The van der Waals surface area contributed by atoms with E-state index in [0.717, 1.165) is 41.5 Å². The number of benzene rings is 2. The molecule has 1 aromatic heterocycles. The fraction of sp³-hybridized carbons (Fsp3) is 0.512. The van der Waals surface area contributed by atoms with Crippen LogP contribution in [0.15, 0.2) is 53.5 Å². The number of ether oxygens (including phenoxy) is 1. The molecular weight excluding hydrogens is 812 g/mol. The molecule has 2 amide bonds. The van der Waals surface area contributed by atoms with Crippen LogP contribution in [0.1, 0.15) is 66.6 Å². The Morgan fingerprint density at radius 3 is 2.08 bits per heavy atom. The first-order valence-corrected chi connectivity index (χ1v) is 20.6. The molecule has 0 aliphatic rings. The molecular formula is C41H61ClN10O9. The van der Waals surface area contributed by atoms with Crippen LogP contribution in [0.5, 0.6) is 0 Å². The van der Waals surface area contributed by atoms with Crippen molar-refractivity contribution in [3.63, 3.8) is 0 Å². The second-order valence-corrected chi connectivity index (χ2v) is 14.8. The van der Waals surface area contributed by atoms with Crippen molar-refractivity contribution in [2.75, 3.05) is 57.9 Å². The highest BCUT2D eigenvalue weighted by atomic mass is 35.5. The Hall–Kier alpha value is -4.99. The van der Waals surface area contributed by atoms with Crippen LogP contribution in [-0.2, 0) is 27.2 Å². The van der Waals surface area contributed by atoms with E-state index in [1.807, 2.05) is 24.3 Å². The number of nitrogens with two attached hydrogens (primary N) is 4. The molecule has 61 heavy (non-hydrogen) atoms. The van der Waals surface area contributed by atoms with E-state index in [-0.39, 0.29) is 53.9 Å². The standard InChI is InChI=1S/C41H61ClN10O9/c1-61-40(60)29(8-2-4-19-43)52(22-6-20-47-23-30(54)34(57)35(58)31(55)24-53)32(56)18-13-26-11-16-28(17-12-26)27-14-9-25(10-15-27)7-3-5-21-48-41(46)51-39(59)33-37(44)50-38(45)36(42)49-33/h9-12,14-17,29-31,34-35,47,53-55,57-58H,2-8,13,18-24,43H2,1H3,(H4,44,45,50)(H3,46,48,51,59)/t29-,30-,31+,34+,35+/m0/s1. The van der Waals surface area contributed by atoms with Crippen molar-refractivity contribution in [1.82, 2.24) is 25.5 Å². The van der Waals surface area contributed by atoms with Gasteiger partial charge >= 0.3 is 5.97 Å². The monoisotopic (exact) mass is 872 g/mol. The molecule has 0 radical (unpaired) electrons. The van der Waals surface area contributed by atoms with E-state index in [0.29, 0.717) is 51.7 Å². The number of nitrogen functional groups attached to an aromatic ring is 2. The molecule has 0 saturated carbocycles. The molecule has 1 heterocycles. The molecule has 3 rings (SSSR count). The lowest BCUT2D eigenvalue weighted by atomic mass is 9.99. The van der Waals surface area contributed by atoms with Crippen molar-refractivity contribution >= 4 is 47.0 Å². The van der Waals surface area contributed by atoms with E-state index in [9.17, 15) is 34.8 Å². The van der Waals surface area contributed by atoms with Crippen LogP contribution >= 0.6 is 11.6 Å². The van der Waals surface area contributed by atoms with Gasteiger partial charge in [-0.15, -0.1) is 0 Å². The number of nitrogens with zero attached hydrogens (tertiary/aromatic N) is 4. The molecule has 5 atom stereocenters. The SMILES string of the molecule is COC(=O)[C@H](CCCCN)N(CCCNC[C@H](O)[C@@H](O)[C@H](O)[C@H](O)CO)C(=O)CCc1ccc(-c2ccc(CCCCN=C(N)NC(=O)c3nc(Cl)c(N)nc3N)cc2)cc1. The summed E-state index contributed by atoms with van der Waals surface area (Å²) in [6, 6.07) is 15.4. The average molecular weight is 873 g/mol. The van der Waals surface area contributed by atoms with E-state index in [2.05, 4.69) is 49.9 Å². The number of hydrogen-bond acceptors (Lipinski definition) is 16. The van der Waals surface area contributed by atoms with Crippen molar-refractivity contribution in [3.8, 4) is 11.1 Å². The second-order valence-electron chi connectivity index (χ2n) is 14.5. The number of rotatable bonds is 26. The summed E-state index contributed by atoms with van der Waals surface area (Å²) in [4.78, 5) is 52.3. The Morgan fingerprint density at radius 2 is 1.48 bits per heavy atom. The summed E-state index contributed by atoms with van der Waals surface area (Å²) in [6.07, 6.45) is -1.40. The molecule has 0 saturated heterocycles. The maximum atomic E-state index is 13.7. The zero-order chi connectivity index (χ0) is 44.9. The highest BCUT2D eigenvalue weighted by Gasteiger charge is 2.31. The first kappa shape index (κ1) is 50.4. The van der Waals surface area contributed by atoms with Crippen LogP contribution in [0.25, 0.3) is 11.1 Å². The van der Waals surface area contributed by atoms with Crippen LogP contribution < -0.4 is 33.6 Å². The lowest BCUT2D eigenvalue weighted by Gasteiger charge is -2.30. The van der Waals surface area contributed by atoms with Crippen LogP contribution in [0.4, 0.5) is 11.6 Å². The molecule has 0 unspecified atom stereocenters. The fourth-order valence-corrected chi connectivity index (χ4v) is 6.50. The van der Waals surface area contributed by atoms with Crippen molar-refractivity contribution in [3.05, 3.63) is 70.5 Å². The summed E-state index contributed by atoms with van der Waals surface area (Å²) >= 11 is 5.84. The van der Waals surface area contributed by atoms with Gasteiger partial charge in [-0.05, 0) is 86.7 Å². The van der Waals surface area contributed by atoms with Gasteiger partial charge in [-0.1, -0.05) is 60.1 Å². The number of aryl methyl sites for hydroxylation is 2. The molecule has 20 heteroatoms. The Labute approximate surface area is 360 Å². The van der Waals surface area contributed by atoms with Gasteiger partial charge in [0.25, 0.3) is 5.91 Å². The Bertz CT molecular complexity index is 1860. The van der Waals surface area contributed by atoms with Crippen LogP contribution in [0.3, 0.4) is 0 Å². The Balaban J connectivity index is 1.50. The summed E-state index contributed by atoms with van der Waals surface area (Å²) < 4.78 is 5.07. The predicted molar refractivity (Wildman–Crippen MR) is 232 cm³/mol. The number of carbonyl (C=O) groups excluding carboxylic acids is 3. The minimum Gasteiger partial charge on any atom is -0.467 e. The number of esters is 1. The van der Waals surface area contributed by atoms with Gasteiger partial charge in [0.05, 0.1) is 19.8 Å². The van der Waals surface area contributed by atoms with Gasteiger partial charge in [0.2, 0.25) is 5.91 Å². The summed E-state index contributed by atoms with van der Waals surface area (Å²) in [7, 11) is 1.28. The summed E-state index contributed by atoms with van der Waals surface area (Å²) in [5, 5.41) is 53.9. The maximum absolute atomic E-state index is 13.7. The number of aliphatic hydroxyl groups is 5. The lowest BCUT2D eigenvalue weighted by molar-refractivity contribution is -0.153. The largest absolute Gasteiger partial charge is 0.467 e. The number of guanidine groups is 1. The maximum Gasteiger partial charge on any atom is 0.328 e. The Kier molecular flexibility index (Phi) is 21.8. The molecule has 2 aromatic carbocycles. The molecule has 0 bridgehead atoms. The number of carbonyl (C=O) groups is 3. The number of methoxy groups -OCH3 is 1. The van der Waals surface area contributed by atoms with E-state index >= 15 is 0 Å². The molecule has 3 aromatic rings. The smallest absolute Gasteiger partial charge is 0.328 e. The number of aromatic nitrogens is 2. The van der Waals surface area contributed by atoms with Crippen LogP contribution in [0.2, 0.25) is 5.15 Å². The third kappa shape index (κ3) is 16.4. The molecule has 0 spiro atoms. The van der Waals surface area contributed by atoms with Gasteiger partial charge in [-0.25, -0.2) is 14.8 Å². The van der Waals surface area contributed by atoms with Gasteiger partial charge < -0.3 is 63.4 Å². The molecule has 0 aliphatic carbocycles. The van der Waals surface area contributed by atoms with E-state index in [1.54, 1.807) is 0 Å².